The molecule has 61 heavy (non-hydrogen) atoms. The zero-order valence-corrected chi connectivity index (χ0v) is 36.9. The minimum Gasteiger partial charge on any atom is -0.310 e. The molecule has 3 aliphatic carbocycles. The van der Waals surface area contributed by atoms with E-state index in [2.05, 4.69) is 197 Å². The van der Waals surface area contributed by atoms with Crippen molar-refractivity contribution >= 4 is 57.0 Å². The molecule has 7 aromatic carbocycles. The lowest BCUT2D eigenvalue weighted by molar-refractivity contribution is 0.661. The molecule has 0 fully saturated rings. The molecule has 0 bridgehead atoms. The van der Waals surface area contributed by atoms with Gasteiger partial charge in [0.1, 0.15) is 0 Å². The van der Waals surface area contributed by atoms with E-state index in [0.29, 0.717) is 0 Å². The van der Waals surface area contributed by atoms with Crippen LogP contribution in [0.5, 0.6) is 0 Å². The average molecular weight is 795 g/mol. The van der Waals surface area contributed by atoms with Crippen LogP contribution < -0.4 is 9.80 Å². The number of hydrogen-bond donors (Lipinski definition) is 0. The summed E-state index contributed by atoms with van der Waals surface area (Å²) in [6.45, 7) is 13.5. The molecule has 0 radical (unpaired) electrons. The summed E-state index contributed by atoms with van der Waals surface area (Å²) >= 11 is 0. The highest BCUT2D eigenvalue weighted by Gasteiger charge is 2.39. The second-order valence-electron chi connectivity index (χ2n) is 18.3. The number of anilines is 6. The van der Waals surface area contributed by atoms with E-state index in [1.807, 2.05) is 0 Å². The Morgan fingerprint density at radius 3 is 1.52 bits per heavy atom. The molecule has 3 aliphatic rings. The molecule has 0 unspecified atom stereocenters. The maximum Gasteiger partial charge on any atom is 0.0543 e. The van der Waals surface area contributed by atoms with Crippen LogP contribution in [0.2, 0.25) is 0 Å². The third kappa shape index (κ3) is 6.81. The molecule has 10 rings (SSSR count). The molecule has 304 valence electrons. The molecular formula is C59H58N2. The van der Waals surface area contributed by atoms with Crippen LogP contribution in [0, 0.1) is 13.8 Å². The van der Waals surface area contributed by atoms with Crippen molar-refractivity contribution in [1.29, 1.82) is 0 Å². The van der Waals surface area contributed by atoms with Gasteiger partial charge < -0.3 is 9.80 Å². The summed E-state index contributed by atoms with van der Waals surface area (Å²) in [5, 5.41) is 2.58. The van der Waals surface area contributed by atoms with Gasteiger partial charge in [-0.25, -0.2) is 0 Å². The molecule has 0 heterocycles. The zero-order chi connectivity index (χ0) is 41.8. The first-order valence-corrected chi connectivity index (χ1v) is 22.7. The SMILES string of the molecule is C/C=C\c1cc(N(c2ccc3c(c2)CCCC3)c2ccc3c(c2)C(C)(C)c2cc(N(c4ccc(C)c(/C=C\C)c4)c4ccc5c(c4)CCCC5)c4ccccc4c2-3)ccc1C. The summed E-state index contributed by atoms with van der Waals surface area (Å²) in [5.74, 6) is 0. The first kappa shape index (κ1) is 39.0. The minimum absolute atomic E-state index is 0.255. The predicted octanol–water partition coefficient (Wildman–Crippen LogP) is 16.5. The molecule has 0 atom stereocenters. The van der Waals surface area contributed by atoms with Crippen LogP contribution in [-0.2, 0) is 31.1 Å². The lowest BCUT2D eigenvalue weighted by atomic mass is 9.81. The number of allylic oxidation sites excluding steroid dienone is 2. The predicted molar refractivity (Wildman–Crippen MR) is 263 cm³/mol. The zero-order valence-electron chi connectivity index (χ0n) is 36.9. The summed E-state index contributed by atoms with van der Waals surface area (Å²) in [6, 6.07) is 47.4. The van der Waals surface area contributed by atoms with E-state index in [1.165, 1.54) is 150 Å². The second-order valence-corrected chi connectivity index (χ2v) is 18.3. The summed E-state index contributed by atoms with van der Waals surface area (Å²) in [7, 11) is 0. The fourth-order valence-electron chi connectivity index (χ4n) is 10.7. The maximum absolute atomic E-state index is 2.55. The summed E-state index contributed by atoms with van der Waals surface area (Å²) in [4.78, 5) is 5.05. The maximum atomic E-state index is 2.55. The molecule has 2 heteroatoms. The van der Waals surface area contributed by atoms with Crippen molar-refractivity contribution in [2.45, 2.75) is 98.3 Å². The van der Waals surface area contributed by atoms with Gasteiger partial charge in [-0.3, -0.25) is 0 Å². The molecule has 0 amide bonds. The van der Waals surface area contributed by atoms with Crippen molar-refractivity contribution in [2.75, 3.05) is 9.80 Å². The molecule has 0 saturated heterocycles. The highest BCUT2D eigenvalue weighted by molar-refractivity contribution is 6.10. The third-order valence-corrected chi connectivity index (χ3v) is 14.1. The van der Waals surface area contributed by atoms with Crippen LogP contribution in [0.3, 0.4) is 0 Å². The Morgan fingerprint density at radius 1 is 0.459 bits per heavy atom. The van der Waals surface area contributed by atoms with Gasteiger partial charge in [0.15, 0.2) is 0 Å². The first-order chi connectivity index (χ1) is 29.7. The highest BCUT2D eigenvalue weighted by atomic mass is 15.1. The van der Waals surface area contributed by atoms with Crippen molar-refractivity contribution in [3.63, 3.8) is 0 Å². The Labute approximate surface area is 363 Å². The number of fused-ring (bicyclic) bond motifs is 7. The molecular weight excluding hydrogens is 737 g/mol. The molecule has 0 saturated carbocycles. The van der Waals surface area contributed by atoms with Crippen molar-refractivity contribution in [3.05, 3.63) is 189 Å². The Bertz CT molecular complexity index is 2900. The van der Waals surface area contributed by atoms with E-state index in [-0.39, 0.29) is 5.41 Å². The van der Waals surface area contributed by atoms with Gasteiger partial charge in [-0.2, -0.15) is 0 Å². The Hall–Kier alpha value is -6.12. The third-order valence-electron chi connectivity index (χ3n) is 14.1. The fraction of sp³-hybridized carbons (Fsp3) is 0.254. The number of hydrogen-bond acceptors (Lipinski definition) is 2. The van der Waals surface area contributed by atoms with Crippen LogP contribution in [0.4, 0.5) is 34.1 Å². The number of rotatable bonds is 8. The van der Waals surface area contributed by atoms with Gasteiger partial charge in [0.2, 0.25) is 0 Å². The summed E-state index contributed by atoms with van der Waals surface area (Å²) < 4.78 is 0. The topological polar surface area (TPSA) is 6.48 Å². The van der Waals surface area contributed by atoms with E-state index < -0.39 is 0 Å². The normalized spacial score (nSPS) is 15.2. The minimum atomic E-state index is -0.255. The van der Waals surface area contributed by atoms with Crippen LogP contribution in [0.15, 0.2) is 133 Å². The molecule has 0 aromatic heterocycles. The number of nitrogens with zero attached hydrogens (tertiary/aromatic N) is 2. The van der Waals surface area contributed by atoms with Crippen molar-refractivity contribution < 1.29 is 0 Å². The number of aryl methyl sites for hydroxylation is 6. The highest BCUT2D eigenvalue weighted by Crippen LogP contribution is 2.56. The summed E-state index contributed by atoms with van der Waals surface area (Å²) in [5.41, 5.74) is 23.5. The monoisotopic (exact) mass is 794 g/mol. The average Bonchev–Trinajstić information content (AvgIpc) is 3.51. The second kappa shape index (κ2) is 15.7. The summed E-state index contributed by atoms with van der Waals surface area (Å²) in [6.07, 6.45) is 18.5. The van der Waals surface area contributed by atoms with Crippen molar-refractivity contribution in [3.8, 4) is 11.1 Å². The van der Waals surface area contributed by atoms with Gasteiger partial charge in [-0.15, -0.1) is 0 Å². The van der Waals surface area contributed by atoms with E-state index in [4.69, 9.17) is 0 Å². The van der Waals surface area contributed by atoms with Gasteiger partial charge in [0.25, 0.3) is 0 Å². The Morgan fingerprint density at radius 2 is 0.934 bits per heavy atom. The lowest BCUT2D eigenvalue weighted by Gasteiger charge is -2.31. The lowest BCUT2D eigenvalue weighted by Crippen LogP contribution is -2.18. The van der Waals surface area contributed by atoms with Gasteiger partial charge in [0, 0.05) is 39.2 Å². The molecule has 2 nitrogen and oxygen atoms in total. The van der Waals surface area contributed by atoms with E-state index >= 15 is 0 Å². The quantitative estimate of drug-likeness (QED) is 0.151. The standard InChI is InChI=1S/C59H58N2/c1-7-15-43-33-47(27-23-39(43)3)60(48-29-25-41-17-9-11-19-45(41)35-48)51-31-32-54-55(37-51)59(5,6)56-38-57(52-21-13-14-22-53(52)58(54)56)61(49-28-24-40(4)44(34-49)16-8-2)50-30-26-42-18-10-12-20-46(42)36-50/h7-8,13-16,21-38H,9-12,17-20H2,1-6H3/b15-7-,16-8-. The molecule has 0 aliphatic heterocycles. The van der Waals surface area contributed by atoms with Crippen LogP contribution in [0.25, 0.3) is 34.1 Å². The molecule has 7 aromatic rings. The van der Waals surface area contributed by atoms with Crippen LogP contribution >= 0.6 is 0 Å². The van der Waals surface area contributed by atoms with Crippen LogP contribution in [0.1, 0.15) is 109 Å². The van der Waals surface area contributed by atoms with Crippen LogP contribution in [-0.4, -0.2) is 0 Å². The van der Waals surface area contributed by atoms with Gasteiger partial charge in [0.05, 0.1) is 5.69 Å². The molecule has 0 N–H and O–H groups in total. The van der Waals surface area contributed by atoms with E-state index in [9.17, 15) is 0 Å². The van der Waals surface area contributed by atoms with Gasteiger partial charge in [-0.05, 0) is 218 Å². The molecule has 0 spiro atoms. The van der Waals surface area contributed by atoms with Gasteiger partial charge >= 0.3 is 0 Å². The van der Waals surface area contributed by atoms with Crippen molar-refractivity contribution in [1.82, 2.24) is 0 Å². The van der Waals surface area contributed by atoms with E-state index in [1.54, 1.807) is 0 Å². The largest absolute Gasteiger partial charge is 0.310 e. The smallest absolute Gasteiger partial charge is 0.0543 e. The Balaban J connectivity index is 1.17. The van der Waals surface area contributed by atoms with Gasteiger partial charge in [-0.1, -0.05) is 92.7 Å². The Kier molecular flexibility index (Phi) is 10.1. The first-order valence-electron chi connectivity index (χ1n) is 22.7. The van der Waals surface area contributed by atoms with Crippen molar-refractivity contribution in [2.24, 2.45) is 0 Å². The van der Waals surface area contributed by atoms with E-state index in [0.717, 1.165) is 12.8 Å². The fourth-order valence-corrected chi connectivity index (χ4v) is 10.7. The number of benzene rings is 7.